The lowest BCUT2D eigenvalue weighted by Gasteiger charge is -2.44. The van der Waals surface area contributed by atoms with Crippen LogP contribution in [0.5, 0.6) is 5.75 Å². The molecule has 2 aromatic rings. The summed E-state index contributed by atoms with van der Waals surface area (Å²) in [4.78, 5) is 26.5. The Balaban J connectivity index is 1.62. The molecule has 3 heterocycles. The second-order valence-corrected chi connectivity index (χ2v) is 7.62. The highest BCUT2D eigenvalue weighted by molar-refractivity contribution is 5.85. The number of piperidine rings is 1. The fourth-order valence-corrected chi connectivity index (χ4v) is 4.77. The van der Waals surface area contributed by atoms with Gasteiger partial charge in [0.2, 0.25) is 11.9 Å². The molecule has 2 aliphatic rings. The molecule has 148 valence electrons. The smallest absolute Gasteiger partial charge is 0.229 e. The summed E-state index contributed by atoms with van der Waals surface area (Å²) in [5.41, 5.74) is 0.748. The van der Waals surface area contributed by atoms with Gasteiger partial charge < -0.3 is 15.0 Å². The van der Waals surface area contributed by atoms with E-state index in [2.05, 4.69) is 37.2 Å². The molecule has 28 heavy (non-hydrogen) atoms. The summed E-state index contributed by atoms with van der Waals surface area (Å²) < 4.78 is 5.36. The zero-order valence-electron chi connectivity index (χ0n) is 16.5. The van der Waals surface area contributed by atoms with Gasteiger partial charge in [-0.3, -0.25) is 9.69 Å². The molecule has 1 N–H and O–H groups in total. The number of hydrogen-bond donors (Lipinski definition) is 1. The van der Waals surface area contributed by atoms with Crippen LogP contribution in [-0.2, 0) is 11.3 Å². The van der Waals surface area contributed by atoms with Crippen LogP contribution in [0.4, 0.5) is 5.95 Å². The van der Waals surface area contributed by atoms with Crippen LogP contribution >= 0.6 is 0 Å². The van der Waals surface area contributed by atoms with Crippen molar-refractivity contribution in [2.75, 3.05) is 38.7 Å². The molecule has 1 aromatic heterocycles. The summed E-state index contributed by atoms with van der Waals surface area (Å²) in [5, 5.41) is 2.92. The van der Waals surface area contributed by atoms with Gasteiger partial charge >= 0.3 is 0 Å². The molecule has 0 aliphatic carbocycles. The minimum Gasteiger partial charge on any atom is -0.497 e. The number of fused-ring (bicyclic) bond motifs is 1. The Morgan fingerprint density at radius 3 is 2.89 bits per heavy atom. The van der Waals surface area contributed by atoms with Gasteiger partial charge in [0, 0.05) is 45.6 Å². The number of rotatable bonds is 5. The van der Waals surface area contributed by atoms with Crippen molar-refractivity contribution in [2.24, 2.45) is 5.41 Å². The van der Waals surface area contributed by atoms with Gasteiger partial charge in [0.1, 0.15) is 5.75 Å². The molecule has 1 aromatic carbocycles. The molecule has 2 fully saturated rings. The molecule has 2 saturated heterocycles. The first kappa shape index (κ1) is 18.7. The van der Waals surface area contributed by atoms with E-state index in [-0.39, 0.29) is 11.9 Å². The van der Waals surface area contributed by atoms with E-state index >= 15 is 0 Å². The Morgan fingerprint density at radius 1 is 1.32 bits per heavy atom. The second-order valence-electron chi connectivity index (χ2n) is 7.62. The van der Waals surface area contributed by atoms with Gasteiger partial charge in [0.25, 0.3) is 0 Å². The highest BCUT2D eigenvalue weighted by atomic mass is 16.5. The largest absolute Gasteiger partial charge is 0.497 e. The van der Waals surface area contributed by atoms with E-state index in [1.807, 2.05) is 18.2 Å². The predicted molar refractivity (Wildman–Crippen MR) is 107 cm³/mol. The number of amides is 1. The van der Waals surface area contributed by atoms with Gasteiger partial charge in [0.15, 0.2) is 0 Å². The number of nitrogens with zero attached hydrogens (tertiary/aromatic N) is 4. The van der Waals surface area contributed by atoms with Gasteiger partial charge in [0.05, 0.1) is 18.6 Å². The third kappa shape index (κ3) is 3.30. The Morgan fingerprint density at radius 2 is 2.14 bits per heavy atom. The summed E-state index contributed by atoms with van der Waals surface area (Å²) in [6.45, 7) is 3.21. The number of benzene rings is 1. The molecular formula is C21H27N5O2. The minimum atomic E-state index is -0.439. The summed E-state index contributed by atoms with van der Waals surface area (Å²) in [7, 11) is 3.42. The lowest BCUT2D eigenvalue weighted by Crippen LogP contribution is -2.58. The van der Waals surface area contributed by atoms with Gasteiger partial charge in [-0.1, -0.05) is 12.1 Å². The summed E-state index contributed by atoms with van der Waals surface area (Å²) in [6.07, 6.45) is 5.37. The van der Waals surface area contributed by atoms with E-state index in [0.717, 1.165) is 44.8 Å². The maximum atomic E-state index is 13.0. The minimum absolute atomic E-state index is 0.0641. The van der Waals surface area contributed by atoms with Crippen molar-refractivity contribution in [3.63, 3.8) is 0 Å². The maximum absolute atomic E-state index is 13.0. The van der Waals surface area contributed by atoms with E-state index in [9.17, 15) is 4.79 Å². The van der Waals surface area contributed by atoms with Gasteiger partial charge in [-0.15, -0.1) is 0 Å². The van der Waals surface area contributed by atoms with Crippen LogP contribution in [0.3, 0.4) is 0 Å². The zero-order chi connectivity index (χ0) is 19.6. The number of likely N-dealkylation sites (tertiary alicyclic amines) is 1. The summed E-state index contributed by atoms with van der Waals surface area (Å²) >= 11 is 0. The predicted octanol–water partition coefficient (Wildman–Crippen LogP) is 1.70. The van der Waals surface area contributed by atoms with E-state index in [4.69, 9.17) is 4.74 Å². The maximum Gasteiger partial charge on any atom is 0.229 e. The Labute approximate surface area is 165 Å². The van der Waals surface area contributed by atoms with E-state index < -0.39 is 5.41 Å². The Kier molecular flexibility index (Phi) is 5.17. The third-order valence-electron chi connectivity index (χ3n) is 6.00. The number of ether oxygens (including phenoxy) is 1. The van der Waals surface area contributed by atoms with E-state index in [1.54, 1.807) is 26.6 Å². The SMILES string of the molecule is CNC(=O)[C@@]12CCCN(c3ncccn3)[C@@H]1CN(Cc1cccc(OC)c1)C2. The summed E-state index contributed by atoms with van der Waals surface area (Å²) in [5.74, 6) is 1.68. The number of anilines is 1. The number of carbonyl (C=O) groups is 1. The fraction of sp³-hybridized carbons (Fsp3) is 0.476. The molecule has 7 heteroatoms. The van der Waals surface area contributed by atoms with Crippen molar-refractivity contribution in [3.8, 4) is 5.75 Å². The standard InChI is InChI=1S/C21H27N5O2/c1-22-19(27)21-8-4-11-26(20-23-9-5-10-24-20)18(21)14-25(15-21)13-16-6-3-7-17(12-16)28-2/h3,5-7,9-10,12,18H,4,8,11,13-15H2,1-2H3,(H,22,27)/t18-,21-/m1/s1. The van der Waals surface area contributed by atoms with Crippen molar-refractivity contribution >= 4 is 11.9 Å². The van der Waals surface area contributed by atoms with Crippen LogP contribution in [0, 0.1) is 5.41 Å². The average Bonchev–Trinajstić information content (AvgIpc) is 3.13. The van der Waals surface area contributed by atoms with Crippen LogP contribution in [0.1, 0.15) is 18.4 Å². The van der Waals surface area contributed by atoms with Crippen LogP contribution in [0.2, 0.25) is 0 Å². The molecule has 1 amide bonds. The fourth-order valence-electron chi connectivity index (χ4n) is 4.77. The number of methoxy groups -OCH3 is 1. The molecule has 4 rings (SSSR count). The Hall–Kier alpha value is -2.67. The lowest BCUT2D eigenvalue weighted by atomic mass is 9.74. The number of hydrogen-bond acceptors (Lipinski definition) is 6. The highest BCUT2D eigenvalue weighted by Gasteiger charge is 2.55. The molecule has 0 bridgehead atoms. The van der Waals surface area contributed by atoms with Crippen LogP contribution in [0.15, 0.2) is 42.7 Å². The number of aromatic nitrogens is 2. The van der Waals surface area contributed by atoms with Crippen molar-refractivity contribution in [1.82, 2.24) is 20.2 Å². The molecule has 0 unspecified atom stereocenters. The number of carbonyl (C=O) groups excluding carboxylic acids is 1. The van der Waals surface area contributed by atoms with Gasteiger partial charge in [-0.2, -0.15) is 0 Å². The van der Waals surface area contributed by atoms with Gasteiger partial charge in [-0.25, -0.2) is 9.97 Å². The van der Waals surface area contributed by atoms with E-state index in [0.29, 0.717) is 5.95 Å². The van der Waals surface area contributed by atoms with E-state index in [1.165, 1.54) is 5.56 Å². The van der Waals surface area contributed by atoms with Crippen molar-refractivity contribution < 1.29 is 9.53 Å². The molecule has 2 atom stereocenters. The highest BCUT2D eigenvalue weighted by Crippen LogP contribution is 2.43. The van der Waals surface area contributed by atoms with Crippen molar-refractivity contribution in [1.29, 1.82) is 0 Å². The lowest BCUT2D eigenvalue weighted by molar-refractivity contribution is -0.131. The topological polar surface area (TPSA) is 70.6 Å². The molecule has 7 nitrogen and oxygen atoms in total. The van der Waals surface area contributed by atoms with Crippen molar-refractivity contribution in [2.45, 2.75) is 25.4 Å². The normalized spacial score (nSPS) is 24.6. The first-order valence-electron chi connectivity index (χ1n) is 9.77. The molecule has 0 spiro atoms. The monoisotopic (exact) mass is 381 g/mol. The molecule has 0 radical (unpaired) electrons. The van der Waals surface area contributed by atoms with Crippen LogP contribution < -0.4 is 15.0 Å². The van der Waals surface area contributed by atoms with Crippen LogP contribution in [0.25, 0.3) is 0 Å². The summed E-state index contributed by atoms with van der Waals surface area (Å²) in [6, 6.07) is 10.0. The molecular weight excluding hydrogens is 354 g/mol. The van der Waals surface area contributed by atoms with Gasteiger partial charge in [-0.05, 0) is 36.6 Å². The molecule has 2 aliphatic heterocycles. The Bertz CT molecular complexity index is 831. The second kappa shape index (κ2) is 7.75. The quantitative estimate of drug-likeness (QED) is 0.850. The van der Waals surface area contributed by atoms with Crippen LogP contribution in [-0.4, -0.2) is 60.6 Å². The van der Waals surface area contributed by atoms with Crippen molar-refractivity contribution in [3.05, 3.63) is 48.3 Å². The third-order valence-corrected chi connectivity index (χ3v) is 6.00. The number of nitrogens with one attached hydrogen (secondary N) is 1. The zero-order valence-corrected chi connectivity index (χ0v) is 16.5. The first-order valence-corrected chi connectivity index (χ1v) is 9.77. The molecule has 0 saturated carbocycles. The first-order chi connectivity index (χ1) is 13.7. The average molecular weight is 381 g/mol.